The third-order valence-electron chi connectivity index (χ3n) is 1.13. The summed E-state index contributed by atoms with van der Waals surface area (Å²) < 4.78 is 0. The first-order chi connectivity index (χ1) is 4.18. The third-order valence-corrected chi connectivity index (χ3v) is 1.37. The van der Waals surface area contributed by atoms with Crippen molar-refractivity contribution in [1.29, 1.82) is 0 Å². The molecule has 52 valence electrons. The smallest absolute Gasteiger partial charge is 0.130 e. The Balaban J connectivity index is 2.56. The fourth-order valence-electron chi connectivity index (χ4n) is 0.789. The van der Waals surface area contributed by atoms with Crippen molar-refractivity contribution in [2.24, 2.45) is 5.73 Å². The molecule has 0 amide bonds. The van der Waals surface area contributed by atoms with Gasteiger partial charge in [-0.2, -0.15) is 0 Å². The maximum atomic E-state index is 5.64. The zero-order chi connectivity index (χ0) is 6.85. The van der Waals surface area contributed by atoms with E-state index in [4.69, 9.17) is 17.3 Å². The molecular formula is C5H10ClN3. The molecule has 0 radical (unpaired) electrons. The predicted octanol–water partition coefficient (Wildman–Crippen LogP) is -0.110. The van der Waals surface area contributed by atoms with Crippen LogP contribution in [0.4, 0.5) is 0 Å². The summed E-state index contributed by atoms with van der Waals surface area (Å²) in [6, 6.07) is 0.258. The maximum absolute atomic E-state index is 5.64. The molecule has 9 heavy (non-hydrogen) atoms. The van der Waals surface area contributed by atoms with Crippen LogP contribution < -0.4 is 16.4 Å². The summed E-state index contributed by atoms with van der Waals surface area (Å²) in [6.07, 6.45) is 1.66. The molecule has 4 N–H and O–H groups in total. The first-order valence-corrected chi connectivity index (χ1v) is 3.22. The lowest BCUT2D eigenvalue weighted by Crippen LogP contribution is -2.54. The molecule has 1 rings (SSSR count). The first-order valence-electron chi connectivity index (χ1n) is 2.84. The minimum Gasteiger partial charge on any atom is -0.349 e. The van der Waals surface area contributed by atoms with Crippen molar-refractivity contribution in [2.45, 2.75) is 19.3 Å². The molecule has 0 aromatic rings. The molecule has 0 saturated heterocycles. The van der Waals surface area contributed by atoms with Crippen molar-refractivity contribution >= 4 is 11.6 Å². The van der Waals surface area contributed by atoms with E-state index in [1.807, 2.05) is 13.0 Å². The van der Waals surface area contributed by atoms with E-state index >= 15 is 0 Å². The Hall–Kier alpha value is -0.250. The van der Waals surface area contributed by atoms with Crippen LogP contribution in [0.3, 0.4) is 0 Å². The van der Waals surface area contributed by atoms with Crippen molar-refractivity contribution in [3.8, 4) is 0 Å². The zero-order valence-electron chi connectivity index (χ0n) is 5.19. The van der Waals surface area contributed by atoms with E-state index in [9.17, 15) is 0 Å². The number of halogens is 1. The first kappa shape index (κ1) is 6.86. The van der Waals surface area contributed by atoms with Crippen LogP contribution in [0.1, 0.15) is 6.92 Å². The lowest BCUT2D eigenvalue weighted by atomic mass is 10.3. The van der Waals surface area contributed by atoms with Crippen molar-refractivity contribution in [3.63, 3.8) is 0 Å². The molecule has 4 heteroatoms. The second-order valence-corrected chi connectivity index (χ2v) is 2.50. The number of rotatable bonds is 0. The second kappa shape index (κ2) is 2.56. The van der Waals surface area contributed by atoms with Gasteiger partial charge in [-0.25, -0.2) is 0 Å². The molecule has 0 fully saturated rings. The Morgan fingerprint density at radius 2 is 2.44 bits per heavy atom. The van der Waals surface area contributed by atoms with Crippen LogP contribution in [0, 0.1) is 0 Å². The summed E-state index contributed by atoms with van der Waals surface area (Å²) in [5.74, 6) is 0. The highest BCUT2D eigenvalue weighted by Crippen LogP contribution is 2.02. The van der Waals surface area contributed by atoms with Gasteiger partial charge in [0.25, 0.3) is 0 Å². The van der Waals surface area contributed by atoms with Crippen molar-refractivity contribution < 1.29 is 0 Å². The van der Waals surface area contributed by atoms with Gasteiger partial charge < -0.3 is 5.32 Å². The normalized spacial score (nSPS) is 35.2. The van der Waals surface area contributed by atoms with Gasteiger partial charge in [0.05, 0.1) is 0 Å². The molecule has 0 aromatic heterocycles. The summed E-state index contributed by atoms with van der Waals surface area (Å²) in [5, 5.41) is 6.44. The molecule has 1 aliphatic rings. The van der Waals surface area contributed by atoms with Crippen LogP contribution >= 0.6 is 11.6 Å². The number of nitrogens with one attached hydrogen (secondary N) is 2. The van der Waals surface area contributed by atoms with E-state index in [1.54, 1.807) is 0 Å². The molecular weight excluding hydrogens is 138 g/mol. The molecule has 0 saturated carbocycles. The molecule has 1 aliphatic heterocycles. The van der Waals surface area contributed by atoms with Gasteiger partial charge in [0, 0.05) is 6.04 Å². The highest BCUT2D eigenvalue weighted by Gasteiger charge is 2.11. The molecule has 2 atom stereocenters. The number of hydrogen-bond donors (Lipinski definition) is 3. The highest BCUT2D eigenvalue weighted by molar-refractivity contribution is 6.29. The van der Waals surface area contributed by atoms with Gasteiger partial charge in [-0.1, -0.05) is 11.6 Å². The van der Waals surface area contributed by atoms with Crippen LogP contribution in [0.5, 0.6) is 0 Å². The van der Waals surface area contributed by atoms with Gasteiger partial charge in [-0.05, 0) is 13.0 Å². The van der Waals surface area contributed by atoms with Crippen LogP contribution in [0.15, 0.2) is 11.2 Å². The summed E-state index contributed by atoms with van der Waals surface area (Å²) in [5.41, 5.74) is 5.47. The molecule has 2 unspecified atom stereocenters. The summed E-state index contributed by atoms with van der Waals surface area (Å²) in [7, 11) is 0. The zero-order valence-corrected chi connectivity index (χ0v) is 5.94. The van der Waals surface area contributed by atoms with E-state index in [2.05, 4.69) is 10.6 Å². The van der Waals surface area contributed by atoms with E-state index in [0.717, 1.165) is 0 Å². The standard InChI is InChI=1S/C5H10ClN3/c1-3-2-4(6)9-5(7)8-3/h2-3,5,8-9H,7H2,1H3. The van der Waals surface area contributed by atoms with Crippen molar-refractivity contribution in [3.05, 3.63) is 11.2 Å². The van der Waals surface area contributed by atoms with Gasteiger partial charge in [-0.3, -0.25) is 11.1 Å². The Morgan fingerprint density at radius 1 is 1.78 bits per heavy atom. The summed E-state index contributed by atoms with van der Waals surface area (Å²) >= 11 is 5.64. The van der Waals surface area contributed by atoms with Crippen LogP contribution in [0.2, 0.25) is 0 Å². The Bertz CT molecular complexity index is 134. The number of nitrogens with two attached hydrogens (primary N) is 1. The van der Waals surface area contributed by atoms with Gasteiger partial charge in [0.15, 0.2) is 0 Å². The van der Waals surface area contributed by atoms with E-state index in [-0.39, 0.29) is 12.3 Å². The third kappa shape index (κ3) is 1.86. The van der Waals surface area contributed by atoms with Crippen LogP contribution in [0.25, 0.3) is 0 Å². The highest BCUT2D eigenvalue weighted by atomic mass is 35.5. The van der Waals surface area contributed by atoms with E-state index in [0.29, 0.717) is 5.16 Å². The average molecular weight is 148 g/mol. The molecule has 0 aromatic carbocycles. The summed E-state index contributed by atoms with van der Waals surface area (Å²) in [6.45, 7) is 1.99. The molecule has 0 bridgehead atoms. The lowest BCUT2D eigenvalue weighted by Gasteiger charge is -2.24. The Kier molecular flexibility index (Phi) is 1.95. The monoisotopic (exact) mass is 147 g/mol. The van der Waals surface area contributed by atoms with Crippen LogP contribution in [-0.4, -0.2) is 12.3 Å². The topological polar surface area (TPSA) is 50.1 Å². The SMILES string of the molecule is CC1C=C(Cl)NC(N)N1. The van der Waals surface area contributed by atoms with Gasteiger partial charge >= 0.3 is 0 Å². The number of hydrogen-bond acceptors (Lipinski definition) is 3. The quantitative estimate of drug-likeness (QED) is 0.419. The van der Waals surface area contributed by atoms with Crippen molar-refractivity contribution in [1.82, 2.24) is 10.6 Å². The molecule has 1 heterocycles. The molecule has 0 spiro atoms. The predicted molar refractivity (Wildman–Crippen MR) is 37.6 cm³/mol. The Labute approximate surface area is 59.2 Å². The second-order valence-electron chi connectivity index (χ2n) is 2.09. The lowest BCUT2D eigenvalue weighted by molar-refractivity contribution is 0.433. The molecule has 3 nitrogen and oxygen atoms in total. The Morgan fingerprint density at radius 3 is 2.89 bits per heavy atom. The van der Waals surface area contributed by atoms with Crippen LogP contribution in [-0.2, 0) is 0 Å². The maximum Gasteiger partial charge on any atom is 0.130 e. The molecule has 0 aliphatic carbocycles. The minimum atomic E-state index is -0.211. The van der Waals surface area contributed by atoms with E-state index < -0.39 is 0 Å². The fourth-order valence-corrected chi connectivity index (χ4v) is 1.10. The van der Waals surface area contributed by atoms with Gasteiger partial charge in [0.2, 0.25) is 0 Å². The largest absolute Gasteiger partial charge is 0.349 e. The van der Waals surface area contributed by atoms with E-state index in [1.165, 1.54) is 0 Å². The fraction of sp³-hybridized carbons (Fsp3) is 0.600. The minimum absolute atomic E-state index is 0.211. The summed E-state index contributed by atoms with van der Waals surface area (Å²) in [4.78, 5) is 0. The average Bonchev–Trinajstić information content (AvgIpc) is 1.59. The van der Waals surface area contributed by atoms with Gasteiger partial charge in [-0.15, -0.1) is 0 Å². The van der Waals surface area contributed by atoms with Gasteiger partial charge in [0.1, 0.15) is 11.4 Å². The van der Waals surface area contributed by atoms with Crippen molar-refractivity contribution in [2.75, 3.05) is 0 Å².